The maximum atomic E-state index is 9.48. The van der Waals surface area contributed by atoms with E-state index in [-0.39, 0.29) is 40.0 Å². The molecule has 18 nitrogen and oxygen atoms in total. The first-order valence-electron chi connectivity index (χ1n) is 2.99. The van der Waals surface area contributed by atoms with Crippen LogP contribution in [0.4, 0.5) is 0 Å². The van der Waals surface area contributed by atoms with Crippen LogP contribution < -0.4 is 31.9 Å². The Hall–Kier alpha value is 0.866. The molecule has 0 saturated carbocycles. The van der Waals surface area contributed by atoms with Crippen LogP contribution in [0.1, 0.15) is 0 Å². The van der Waals surface area contributed by atoms with E-state index in [1.807, 2.05) is 0 Å². The number of quaternary nitrogens is 2. The van der Waals surface area contributed by atoms with Gasteiger partial charge in [-0.15, -0.1) is 0 Å². The third-order valence-corrected chi connectivity index (χ3v) is 3.71. The zero-order valence-corrected chi connectivity index (χ0v) is 15.8. The Morgan fingerprint density at radius 1 is 0.565 bits per heavy atom. The van der Waals surface area contributed by atoms with Gasteiger partial charge in [0.25, 0.3) is 31.3 Å². The van der Waals surface area contributed by atoms with Crippen LogP contribution in [0, 0.1) is 0 Å². The van der Waals surface area contributed by atoms with Crippen molar-refractivity contribution in [3.63, 3.8) is 0 Å². The first-order chi connectivity index (χ1) is 7.41. The first-order valence-corrected chi connectivity index (χ1v) is 8.97. The third kappa shape index (κ3) is 60.1. The van der Waals surface area contributed by atoms with Crippen LogP contribution in [0.25, 0.3) is 0 Å². The summed E-state index contributed by atoms with van der Waals surface area (Å²) in [7, 11) is -21.5. The first kappa shape index (κ1) is 43.9. The van der Waals surface area contributed by atoms with Crippen molar-refractivity contribution in [1.82, 2.24) is 12.3 Å². The van der Waals surface area contributed by atoms with Crippen molar-refractivity contribution in [3.8, 4) is 0 Å². The van der Waals surface area contributed by atoms with Crippen molar-refractivity contribution in [2.75, 3.05) is 0 Å². The average molecular weight is 485 g/mol. The Bertz CT molecular complexity index is 353. The average Bonchev–Trinajstić information content (AvgIpc) is 1.64. The monoisotopic (exact) mass is 485 g/mol. The molecule has 23 heteroatoms. The maximum Gasteiger partial charge on any atom is 2.00 e. The fourth-order valence-corrected chi connectivity index (χ4v) is 2.35. The number of hydrogen-bond donors (Lipinski definition) is 6. The molecule has 18 N–H and O–H groups in total. The van der Waals surface area contributed by atoms with E-state index >= 15 is 0 Å². The Balaban J connectivity index is -0.0000000366. The van der Waals surface area contributed by atoms with Crippen LogP contribution in [0.3, 0.4) is 0 Å². The van der Waals surface area contributed by atoms with E-state index < -0.39 is 31.3 Å². The second-order valence-electron chi connectivity index (χ2n) is 2.04. The summed E-state index contributed by atoms with van der Waals surface area (Å²) in [5.41, 5.74) is 0. The number of hydrogen-bond acceptors (Lipinski definition) is 10. The van der Waals surface area contributed by atoms with Crippen LogP contribution in [0.5, 0.6) is 0 Å². The molecule has 0 bridgehead atoms. The molecule has 0 aromatic carbocycles. The summed E-state index contributed by atoms with van der Waals surface area (Å²) in [6, 6.07) is 0. The van der Waals surface area contributed by atoms with E-state index in [1.54, 1.807) is 0 Å². The normalized spacial score (nSPS) is 19.1. The maximum absolute atomic E-state index is 9.48. The smallest absolute Gasteiger partial charge is 0.756 e. The van der Waals surface area contributed by atoms with Crippen LogP contribution in [0.15, 0.2) is 0 Å². The van der Waals surface area contributed by atoms with Gasteiger partial charge >= 0.3 is 16.8 Å². The molecule has 1 radical (unpaired) electrons. The minimum absolute atomic E-state index is 0. The second-order valence-corrected chi connectivity index (χ2v) is 7.09. The minimum atomic E-state index is -5.36. The van der Waals surface area contributed by atoms with Gasteiger partial charge in [-0.25, -0.2) is 8.62 Å². The molecular weight excluding hydrogens is 467 g/mol. The van der Waals surface area contributed by atoms with Gasteiger partial charge in [0.1, 0.15) is 0 Å². The molecule has 0 aliphatic carbocycles. The topological polar surface area (TPSA) is 399 Å². The minimum Gasteiger partial charge on any atom is -0.756 e. The van der Waals surface area contributed by atoms with Crippen LogP contribution >= 0.6 is 31.3 Å². The van der Waals surface area contributed by atoms with E-state index in [1.165, 1.54) is 0 Å². The molecule has 0 aliphatic heterocycles. The standard InChI is InChI=1S/Co.2H3N.2H4O7P2.2H2O/c;;;2*1-8(2,3)7-9(4,5)6;;/h;2*1H3;2*(H2,1,2,3)(H2,4,5,6);2*1H2/q+2;;;;;;. The van der Waals surface area contributed by atoms with Gasteiger partial charge in [-0.1, -0.05) is 0 Å². The Labute approximate surface area is 138 Å². The van der Waals surface area contributed by atoms with E-state index in [4.69, 9.17) is 19.6 Å². The number of phosphoric acid groups is 4. The molecule has 0 saturated heterocycles. The Morgan fingerprint density at radius 2 is 0.652 bits per heavy atom. The van der Waals surface area contributed by atoms with Gasteiger partial charge in [0.05, 0.1) is 0 Å². The molecule has 0 aromatic rings. The zero-order valence-electron chi connectivity index (χ0n) is 11.1. The molecule has 151 valence electrons. The molecule has 0 aromatic heterocycles. The number of rotatable bonds is 4. The largest absolute Gasteiger partial charge is 2.00 e. The predicted molar refractivity (Wildman–Crippen MR) is 63.2 cm³/mol. The van der Waals surface area contributed by atoms with Gasteiger partial charge in [0.2, 0.25) is 0 Å². The van der Waals surface area contributed by atoms with E-state index in [9.17, 15) is 37.8 Å². The van der Waals surface area contributed by atoms with E-state index in [0.717, 1.165) is 0 Å². The molecule has 0 fully saturated rings. The summed E-state index contributed by atoms with van der Waals surface area (Å²) in [6.45, 7) is 0. The SMILES string of the molecule is O=P([O-])(O)OP(=O)([O-])O.O=P([O-])(O)OP(=O)([O-])O.[Co+2].[NH4+].[NH4+].[OH3+].[OH3+]. The quantitative estimate of drug-likeness (QED) is 0.160. The van der Waals surface area contributed by atoms with Crippen LogP contribution in [0.2, 0.25) is 0 Å². The molecule has 0 amide bonds. The van der Waals surface area contributed by atoms with Crippen molar-refractivity contribution in [2.45, 2.75) is 0 Å². The van der Waals surface area contributed by atoms with Crippen molar-refractivity contribution in [1.29, 1.82) is 0 Å². The fourth-order valence-electron chi connectivity index (χ4n) is 0.261. The van der Waals surface area contributed by atoms with E-state index in [2.05, 4.69) is 8.62 Å². The summed E-state index contributed by atoms with van der Waals surface area (Å²) in [5.74, 6) is 0. The van der Waals surface area contributed by atoms with E-state index in [0.29, 0.717) is 0 Å². The molecule has 0 spiro atoms. The molecule has 23 heavy (non-hydrogen) atoms. The predicted octanol–water partition coefficient (Wildman–Crippen LogP) is -5.25. The van der Waals surface area contributed by atoms with Gasteiger partial charge < -0.3 is 62.4 Å². The fraction of sp³-hybridized carbons (Fsp3) is 0. The van der Waals surface area contributed by atoms with Crippen molar-refractivity contribution in [3.05, 3.63) is 0 Å². The van der Waals surface area contributed by atoms with Gasteiger partial charge in [-0.2, -0.15) is 0 Å². The summed E-state index contributed by atoms with van der Waals surface area (Å²) < 4.78 is 43.4. The summed E-state index contributed by atoms with van der Waals surface area (Å²) in [5, 5.41) is 0. The van der Waals surface area contributed by atoms with Crippen LogP contribution in [-0.4, -0.2) is 19.6 Å². The van der Waals surface area contributed by atoms with Gasteiger partial charge in [-0.05, 0) is 0 Å². The van der Waals surface area contributed by atoms with Crippen molar-refractivity contribution in [2.24, 2.45) is 0 Å². The summed E-state index contributed by atoms with van der Waals surface area (Å²) in [6.07, 6.45) is 0. The molecular formula is H18CoN2O16P4+2. The molecule has 0 aliphatic rings. The van der Waals surface area contributed by atoms with Gasteiger partial charge in [-0.3, -0.25) is 18.3 Å². The molecule has 0 heterocycles. The summed E-state index contributed by atoms with van der Waals surface area (Å²) in [4.78, 5) is 68.3. The van der Waals surface area contributed by atoms with Crippen molar-refractivity contribution < 1.29 is 93.8 Å². The van der Waals surface area contributed by atoms with Gasteiger partial charge in [0, 0.05) is 0 Å². The second kappa shape index (κ2) is 15.1. The Morgan fingerprint density at radius 3 is 0.652 bits per heavy atom. The molecule has 4 atom stereocenters. The third-order valence-electron chi connectivity index (χ3n) is 0.413. The molecule has 0 rings (SSSR count). The summed E-state index contributed by atoms with van der Waals surface area (Å²) >= 11 is 0. The van der Waals surface area contributed by atoms with Crippen LogP contribution in [-0.2, 0) is 54.6 Å². The zero-order chi connectivity index (χ0) is 15.4. The van der Waals surface area contributed by atoms with Gasteiger partial charge in [0.15, 0.2) is 0 Å². The van der Waals surface area contributed by atoms with Crippen molar-refractivity contribution >= 4 is 31.3 Å². The molecule has 4 unspecified atom stereocenters. The Kier molecular flexibility index (Phi) is 28.9.